The summed E-state index contributed by atoms with van der Waals surface area (Å²) in [5, 5.41) is 9.14. The minimum atomic E-state index is 0.493. The van der Waals surface area contributed by atoms with Crippen LogP contribution in [0.4, 0.5) is 0 Å². The Hall–Kier alpha value is -9.98. The second-order valence-electron chi connectivity index (χ2n) is 19.3. The molecule has 0 N–H and O–H groups in total. The molecule has 0 fully saturated rings. The number of fused-ring (bicyclic) bond motifs is 13. The number of aromatic nitrogens is 6. The van der Waals surface area contributed by atoms with Gasteiger partial charge in [0.2, 0.25) is 5.89 Å². The van der Waals surface area contributed by atoms with Gasteiger partial charge in [-0.1, -0.05) is 164 Å². The largest absolute Gasteiger partial charge is 0.436 e. The predicted octanol–water partition coefficient (Wildman–Crippen LogP) is 17.3. The van der Waals surface area contributed by atoms with E-state index < -0.39 is 0 Å². The third-order valence-corrected chi connectivity index (χ3v) is 15.3. The fourth-order valence-electron chi connectivity index (χ4n) is 12.3. The van der Waals surface area contributed by atoms with Crippen molar-refractivity contribution in [1.82, 2.24) is 28.2 Å². The summed E-state index contributed by atoms with van der Waals surface area (Å²) in [7, 11) is 0. The maximum Gasteiger partial charge on any atom is 0.231 e. The highest BCUT2D eigenvalue weighted by Gasteiger charge is 2.37. The van der Waals surface area contributed by atoms with Crippen molar-refractivity contribution >= 4 is 98.3 Å². The Balaban J connectivity index is 1.31. The topological polar surface area (TPSA) is 58.6 Å². The zero-order valence-corrected chi connectivity index (χ0v) is 40.1. The van der Waals surface area contributed by atoms with Gasteiger partial charge in [0.1, 0.15) is 5.52 Å². The van der Waals surface area contributed by atoms with Crippen LogP contribution in [-0.4, -0.2) is 28.2 Å². The highest BCUT2D eigenvalue weighted by molar-refractivity contribution is 6.18. The van der Waals surface area contributed by atoms with Crippen molar-refractivity contribution in [3.8, 4) is 45.5 Å². The van der Waals surface area contributed by atoms with E-state index in [-0.39, 0.29) is 0 Å². The van der Waals surface area contributed by atoms with E-state index in [0.29, 0.717) is 11.5 Å². The van der Waals surface area contributed by atoms with E-state index in [4.69, 9.17) is 14.4 Å². The van der Waals surface area contributed by atoms with Crippen LogP contribution in [0.1, 0.15) is 5.69 Å². The van der Waals surface area contributed by atoms with Crippen molar-refractivity contribution < 1.29 is 4.42 Å². The molecule has 0 bridgehead atoms. The normalized spacial score (nSPS) is 12.1. The molecule has 0 aliphatic rings. The molecule has 0 amide bonds. The number of pyridine rings is 1. The average molecular weight is 947 g/mol. The first kappa shape index (κ1) is 40.7. The summed E-state index contributed by atoms with van der Waals surface area (Å²) >= 11 is 0. The molecule has 0 aliphatic carbocycles. The van der Waals surface area contributed by atoms with E-state index in [1.54, 1.807) is 0 Å². The second-order valence-corrected chi connectivity index (χ2v) is 19.3. The third-order valence-electron chi connectivity index (χ3n) is 15.3. The summed E-state index contributed by atoms with van der Waals surface area (Å²) in [6, 6.07) is 85.1. The van der Waals surface area contributed by atoms with Crippen LogP contribution in [0, 0.1) is 6.92 Å². The molecule has 16 aromatic rings. The summed E-state index contributed by atoms with van der Waals surface area (Å²) in [4.78, 5) is 11.3. The van der Waals surface area contributed by atoms with E-state index in [9.17, 15) is 0 Å². The molecular formula is C67H42N6O. The van der Waals surface area contributed by atoms with E-state index in [0.717, 1.165) is 138 Å². The van der Waals surface area contributed by atoms with Crippen LogP contribution >= 0.6 is 0 Å². The fourth-order valence-corrected chi connectivity index (χ4v) is 12.3. The number of aryl methyl sites for hydroxylation is 1. The Morgan fingerprint density at radius 1 is 0.284 bits per heavy atom. The number of nitrogens with zero attached hydrogens (tertiary/aromatic N) is 6. The average Bonchev–Trinajstić information content (AvgIpc) is 4.34. The van der Waals surface area contributed by atoms with Crippen molar-refractivity contribution in [3.63, 3.8) is 0 Å². The predicted molar refractivity (Wildman–Crippen MR) is 305 cm³/mol. The lowest BCUT2D eigenvalue weighted by Gasteiger charge is -2.30. The number of rotatable bonds is 6. The van der Waals surface area contributed by atoms with Crippen molar-refractivity contribution in [2.45, 2.75) is 6.92 Å². The van der Waals surface area contributed by atoms with E-state index in [1.165, 1.54) is 0 Å². The first-order valence-electron chi connectivity index (χ1n) is 25.2. The molecule has 7 nitrogen and oxygen atoms in total. The zero-order valence-electron chi connectivity index (χ0n) is 40.1. The van der Waals surface area contributed by atoms with Crippen LogP contribution in [0.15, 0.2) is 241 Å². The lowest BCUT2D eigenvalue weighted by atomic mass is 9.95. The summed E-state index contributed by atoms with van der Waals surface area (Å²) in [6.45, 7) is 2.10. The molecule has 0 spiro atoms. The van der Waals surface area contributed by atoms with Gasteiger partial charge >= 0.3 is 0 Å². The van der Waals surface area contributed by atoms with Gasteiger partial charge in [0.15, 0.2) is 5.58 Å². The molecule has 6 aromatic heterocycles. The Kier molecular flexibility index (Phi) is 8.53. The molecule has 0 saturated carbocycles. The summed E-state index contributed by atoms with van der Waals surface area (Å²) in [5.41, 5.74) is 17.1. The van der Waals surface area contributed by atoms with E-state index in [2.05, 4.69) is 244 Å². The summed E-state index contributed by atoms with van der Waals surface area (Å²) in [6.07, 6.45) is 0. The molecule has 16 rings (SSSR count). The number of para-hydroxylation sites is 10. The molecule has 0 aliphatic heterocycles. The van der Waals surface area contributed by atoms with Crippen LogP contribution in [0.2, 0.25) is 0 Å². The highest BCUT2D eigenvalue weighted by Crippen LogP contribution is 2.54. The Morgan fingerprint density at radius 2 is 0.581 bits per heavy atom. The molecule has 0 atom stereocenters. The zero-order chi connectivity index (χ0) is 48.6. The van der Waals surface area contributed by atoms with Crippen molar-refractivity contribution in [1.29, 1.82) is 0 Å². The SMILES string of the molecule is Cc1cccc(-c2c(-n3c4ccccc4c4ccccc43)c(-n3c4ccccc4c4ccccc43)c(-c3nc4ccccc4o3)c(-n3c4ccccc4c4ccccc43)c2-n2c3ccccc3c3ccccc32)n1. The molecule has 6 heterocycles. The molecule has 7 heteroatoms. The maximum atomic E-state index is 7.37. The highest BCUT2D eigenvalue weighted by atomic mass is 16.3. The lowest BCUT2D eigenvalue weighted by molar-refractivity contribution is 0.619. The van der Waals surface area contributed by atoms with Gasteiger partial charge in [-0.25, -0.2) is 4.98 Å². The summed E-state index contributed by atoms with van der Waals surface area (Å²) < 4.78 is 17.3. The van der Waals surface area contributed by atoms with Gasteiger partial charge in [0.25, 0.3) is 0 Å². The molecule has 0 unspecified atom stereocenters. The van der Waals surface area contributed by atoms with Gasteiger partial charge in [-0.3, -0.25) is 4.98 Å². The lowest BCUT2D eigenvalue weighted by Crippen LogP contribution is -2.16. The van der Waals surface area contributed by atoms with Gasteiger partial charge in [-0.05, 0) is 79.7 Å². The maximum absolute atomic E-state index is 7.37. The fraction of sp³-hybridized carbons (Fsp3) is 0.0149. The van der Waals surface area contributed by atoms with Crippen molar-refractivity contribution in [2.75, 3.05) is 0 Å². The first-order chi connectivity index (χ1) is 36.7. The Labute approximate surface area is 423 Å². The molecule has 0 radical (unpaired) electrons. The van der Waals surface area contributed by atoms with E-state index >= 15 is 0 Å². The molecule has 10 aromatic carbocycles. The van der Waals surface area contributed by atoms with Crippen LogP contribution < -0.4 is 0 Å². The van der Waals surface area contributed by atoms with Crippen LogP contribution in [0.5, 0.6) is 0 Å². The van der Waals surface area contributed by atoms with Crippen molar-refractivity contribution in [2.24, 2.45) is 0 Å². The standard InChI is InChI=1S/C67H42N6O/c1-41-21-20-31-51(68-41)61-63(70-52-32-11-2-22-42(52)43-23-3-12-33-53(43)70)65(72-56-36-15-6-26-46(56)47-27-7-16-37-57(47)72)62(67-69-50-30-10-19-40-60(50)74-67)66(73-58-38-17-8-28-48(58)49-29-9-18-39-59(49)73)64(61)71-54-34-13-4-24-44(54)45-25-5-14-35-55(45)71/h2-40H,1H3. The van der Waals surface area contributed by atoms with Crippen LogP contribution in [-0.2, 0) is 0 Å². The Bertz CT molecular complexity index is 4500. The number of hydrogen-bond donors (Lipinski definition) is 0. The monoisotopic (exact) mass is 946 g/mol. The smallest absolute Gasteiger partial charge is 0.231 e. The number of hydrogen-bond acceptors (Lipinski definition) is 3. The van der Waals surface area contributed by atoms with Gasteiger partial charge < -0.3 is 22.7 Å². The quantitative estimate of drug-likeness (QED) is 0.167. The Morgan fingerprint density at radius 3 is 0.905 bits per heavy atom. The van der Waals surface area contributed by atoms with E-state index in [1.807, 2.05) is 18.2 Å². The summed E-state index contributed by atoms with van der Waals surface area (Å²) in [5.74, 6) is 0.493. The number of benzene rings is 10. The van der Waals surface area contributed by atoms with Gasteiger partial charge in [0.05, 0.1) is 83.7 Å². The molecule has 74 heavy (non-hydrogen) atoms. The minimum Gasteiger partial charge on any atom is -0.436 e. The van der Waals surface area contributed by atoms with Gasteiger partial charge in [0, 0.05) is 48.8 Å². The number of oxazole rings is 1. The molecule has 0 saturated heterocycles. The van der Waals surface area contributed by atoms with Crippen LogP contribution in [0.3, 0.4) is 0 Å². The third kappa shape index (κ3) is 5.60. The second kappa shape index (κ2) is 15.5. The molecule has 346 valence electrons. The first-order valence-corrected chi connectivity index (χ1v) is 25.2. The van der Waals surface area contributed by atoms with Gasteiger partial charge in [-0.2, -0.15) is 0 Å². The van der Waals surface area contributed by atoms with Crippen LogP contribution in [0.25, 0.3) is 144 Å². The van der Waals surface area contributed by atoms with Gasteiger partial charge in [-0.15, -0.1) is 0 Å². The minimum absolute atomic E-state index is 0.493. The van der Waals surface area contributed by atoms with Crippen molar-refractivity contribution in [3.05, 3.63) is 242 Å². The molecular weight excluding hydrogens is 905 g/mol.